The van der Waals surface area contributed by atoms with Crippen LogP contribution in [-0.2, 0) is 0 Å². The van der Waals surface area contributed by atoms with Gasteiger partial charge in [-0.25, -0.2) is 0 Å². The van der Waals surface area contributed by atoms with Gasteiger partial charge in [-0.3, -0.25) is 0 Å². The average molecular weight is 599 g/mol. The van der Waals surface area contributed by atoms with Crippen molar-refractivity contribution in [2.45, 2.75) is 65.7 Å². The zero-order valence-corrected chi connectivity index (χ0v) is 27.5. The van der Waals surface area contributed by atoms with Crippen molar-refractivity contribution in [2.75, 3.05) is 13.2 Å². The highest BCUT2D eigenvalue weighted by atomic mass is 31.1. The van der Waals surface area contributed by atoms with Crippen molar-refractivity contribution in [1.82, 2.24) is 0 Å². The van der Waals surface area contributed by atoms with Crippen molar-refractivity contribution in [3.63, 3.8) is 0 Å². The lowest BCUT2D eigenvalue weighted by atomic mass is 9.97. The predicted octanol–water partition coefficient (Wildman–Crippen LogP) is 8.68. The van der Waals surface area contributed by atoms with Gasteiger partial charge in [-0.1, -0.05) is 98.0 Å². The third-order valence-corrected chi connectivity index (χ3v) is 10.5. The molecule has 0 saturated heterocycles. The average Bonchev–Trinajstić information content (AvgIpc) is 2.90. The Labute approximate surface area is 257 Å². The van der Waals surface area contributed by atoms with E-state index in [0.717, 1.165) is 38.4 Å². The zero-order valence-electron chi connectivity index (χ0n) is 26.6. The highest BCUT2D eigenvalue weighted by molar-refractivity contribution is 7.68. The largest absolute Gasteiger partial charge is 0.707 e. The molecule has 0 aliphatic heterocycles. The number of benzene rings is 5. The molecule has 7 heteroatoms. The summed E-state index contributed by atoms with van der Waals surface area (Å²) >= 11 is 0. The maximum absolute atomic E-state index is 9.14. The van der Waals surface area contributed by atoms with Gasteiger partial charge in [0.1, 0.15) is 17.2 Å². The fourth-order valence-electron chi connectivity index (χ4n) is 5.95. The highest BCUT2D eigenvalue weighted by Crippen LogP contribution is 2.58. The van der Waals surface area contributed by atoms with E-state index in [9.17, 15) is 0 Å². The Hall–Kier alpha value is -3.31. The summed E-state index contributed by atoms with van der Waals surface area (Å²) in [6.45, 7) is 19.4. The Kier molecular flexibility index (Phi) is 10.3. The second kappa shape index (κ2) is 13.6. The molecule has 0 aromatic heterocycles. The number of rotatable bonds is 7. The summed E-state index contributed by atoms with van der Waals surface area (Å²) in [7, 11) is -2.18. The van der Waals surface area contributed by atoms with E-state index in [4.69, 9.17) is 24.2 Å². The first kappa shape index (κ1) is 32.6. The molecule has 5 nitrogen and oxygen atoms in total. The minimum Gasteiger partial charge on any atom is -0.511 e. The quantitative estimate of drug-likeness (QED) is 0.0849. The first-order valence-electron chi connectivity index (χ1n) is 14.9. The fraction of sp³-hybridized carbons (Fsp3) is 0.333. The lowest BCUT2D eigenvalue weighted by Gasteiger charge is -2.42. The van der Waals surface area contributed by atoms with E-state index in [1.807, 2.05) is 50.2 Å². The summed E-state index contributed by atoms with van der Waals surface area (Å²) in [5.74, 6) is 2.30. The van der Waals surface area contributed by atoms with E-state index in [1.54, 1.807) is 6.07 Å². The van der Waals surface area contributed by atoms with Crippen LogP contribution < -0.4 is 19.4 Å². The smallest absolute Gasteiger partial charge is 0.511 e. The number of hydrogen-bond donors (Lipinski definition) is 2. The van der Waals surface area contributed by atoms with Gasteiger partial charge in [-0.05, 0) is 86.7 Å². The van der Waals surface area contributed by atoms with Crippen molar-refractivity contribution in [3.05, 3.63) is 84.9 Å². The molecule has 0 fully saturated rings. The van der Waals surface area contributed by atoms with Crippen LogP contribution in [0.15, 0.2) is 84.9 Å². The maximum atomic E-state index is 9.14. The molecule has 0 amide bonds. The van der Waals surface area contributed by atoms with E-state index in [0.29, 0.717) is 19.0 Å². The molecule has 2 N–H and O–H groups in total. The summed E-state index contributed by atoms with van der Waals surface area (Å²) in [5.41, 5.74) is 0. The molecule has 0 radical (unpaired) electrons. The summed E-state index contributed by atoms with van der Waals surface area (Å²) in [6, 6.07) is 28.5. The third-order valence-electron chi connectivity index (χ3n) is 7.01. The molecule has 0 unspecified atom stereocenters. The third kappa shape index (κ3) is 8.00. The summed E-state index contributed by atoms with van der Waals surface area (Å²) in [6.07, 6.45) is 0. The van der Waals surface area contributed by atoms with Crippen LogP contribution in [0, 0.1) is 0 Å². The molecule has 0 atom stereocenters. The van der Waals surface area contributed by atoms with Crippen LogP contribution in [0.5, 0.6) is 17.2 Å². The van der Waals surface area contributed by atoms with Crippen LogP contribution >= 0.6 is 7.92 Å². The minimum atomic E-state index is -1.83. The lowest BCUT2D eigenvalue weighted by molar-refractivity contribution is 0.289. The Morgan fingerprint density at radius 3 is 1.70 bits per heavy atom. The molecule has 5 aromatic carbocycles. The number of ether oxygens (including phenoxy) is 2. The second-order valence-corrected chi connectivity index (χ2v) is 16.4. The molecular weight excluding hydrogens is 554 g/mol. The van der Waals surface area contributed by atoms with Gasteiger partial charge >= 0.3 is 7.32 Å². The summed E-state index contributed by atoms with van der Waals surface area (Å²) in [4.78, 5) is 0. The molecule has 43 heavy (non-hydrogen) atoms. The van der Waals surface area contributed by atoms with Crippen molar-refractivity contribution in [2.24, 2.45) is 0 Å². The summed E-state index contributed by atoms with van der Waals surface area (Å²) in [5, 5.41) is 26.5. The van der Waals surface area contributed by atoms with Gasteiger partial charge in [0, 0.05) is 11.5 Å². The number of hydrogen-bond acceptors (Lipinski definition) is 5. The predicted molar refractivity (Wildman–Crippen MR) is 185 cm³/mol. The molecule has 5 aromatic rings. The van der Waals surface area contributed by atoms with E-state index >= 15 is 0 Å². The van der Waals surface area contributed by atoms with Gasteiger partial charge in [-0.15, -0.1) is 0 Å². The van der Waals surface area contributed by atoms with Gasteiger partial charge in [0.2, 0.25) is 0 Å². The Balaban J connectivity index is 0.000000197. The van der Waals surface area contributed by atoms with Crippen LogP contribution in [-0.4, -0.2) is 40.9 Å². The molecule has 0 bridgehead atoms. The van der Waals surface area contributed by atoms with Crippen molar-refractivity contribution in [3.8, 4) is 17.2 Å². The van der Waals surface area contributed by atoms with Gasteiger partial charge in [0.15, 0.2) is 0 Å². The molecule has 0 aliphatic rings. The lowest BCUT2D eigenvalue weighted by Crippen LogP contribution is -2.31. The summed E-state index contributed by atoms with van der Waals surface area (Å²) < 4.78 is 16.6. The van der Waals surface area contributed by atoms with Crippen molar-refractivity contribution >= 4 is 52.9 Å². The fourth-order valence-corrected chi connectivity index (χ4v) is 10.0. The maximum Gasteiger partial charge on any atom is 0.707 e. The van der Waals surface area contributed by atoms with Crippen molar-refractivity contribution in [1.29, 1.82) is 0 Å². The van der Waals surface area contributed by atoms with Crippen LogP contribution in [0.3, 0.4) is 0 Å². The molecule has 0 saturated carbocycles. The first-order chi connectivity index (χ1) is 20.3. The van der Waals surface area contributed by atoms with Crippen LogP contribution in [0.25, 0.3) is 32.3 Å². The van der Waals surface area contributed by atoms with Gasteiger partial charge in [-0.2, -0.15) is 0 Å². The first-order valence-corrected chi connectivity index (χ1v) is 16.2. The van der Waals surface area contributed by atoms with E-state index < -0.39 is 7.32 Å². The normalized spacial score (nSPS) is 11.9. The molecular formula is C36H44BO5P. The Bertz CT molecular complexity index is 1650. The zero-order chi connectivity index (χ0) is 31.4. The minimum absolute atomic E-state index is 0.238. The van der Waals surface area contributed by atoms with Gasteiger partial charge < -0.3 is 24.2 Å². The molecule has 0 heterocycles. The van der Waals surface area contributed by atoms with Gasteiger partial charge in [0.05, 0.1) is 13.2 Å². The molecule has 5 rings (SSSR count). The van der Waals surface area contributed by atoms with E-state index in [2.05, 4.69) is 84.0 Å². The van der Waals surface area contributed by atoms with Crippen LogP contribution in [0.1, 0.15) is 55.4 Å². The second-order valence-electron chi connectivity index (χ2n) is 12.5. The topological polar surface area (TPSA) is 68.2 Å². The standard InChI is InChI=1S/C18H13BO3.C18H31O2P/c20-19(21)22-17-7-3-6-12-8-9-15-10-13-4-1-2-5-14(13)11-16(15)18(12)17;1-9-19-14-11-15(20-10-2)13-16(12-14)21(17(3,4)5)18(6,7)8/h1-11,20-21H;11-13H,9-10H2,1-8H3. The Morgan fingerprint density at radius 1 is 0.628 bits per heavy atom. The molecule has 0 aliphatic carbocycles. The van der Waals surface area contributed by atoms with Gasteiger partial charge in [0.25, 0.3) is 0 Å². The van der Waals surface area contributed by atoms with Crippen LogP contribution in [0.2, 0.25) is 0 Å². The van der Waals surface area contributed by atoms with Crippen LogP contribution in [0.4, 0.5) is 0 Å². The highest BCUT2D eigenvalue weighted by Gasteiger charge is 2.36. The van der Waals surface area contributed by atoms with Crippen molar-refractivity contribution < 1.29 is 24.2 Å². The van der Waals surface area contributed by atoms with E-state index in [1.165, 1.54) is 10.7 Å². The molecule has 226 valence electrons. The molecule has 0 spiro atoms. The Morgan fingerprint density at radius 2 is 1.16 bits per heavy atom. The monoisotopic (exact) mass is 598 g/mol. The SMILES string of the molecule is CCOc1cc(OCC)cc(P(C(C)(C)C)C(C)(C)C)c1.OB(O)Oc1cccc2ccc3cc4ccccc4cc3c12. The number of fused-ring (bicyclic) bond motifs is 4. The van der Waals surface area contributed by atoms with E-state index in [-0.39, 0.29) is 18.2 Å².